The van der Waals surface area contributed by atoms with Crippen LogP contribution in [0, 0.1) is 5.41 Å². The first kappa shape index (κ1) is 14.8. The largest absolute Gasteiger partial charge is 0.378 e. The molecule has 2 heterocycles. The number of ether oxygens (including phenoxy) is 1. The number of anilines is 1. The molecule has 21 heavy (non-hydrogen) atoms. The van der Waals surface area contributed by atoms with Gasteiger partial charge in [-0.1, -0.05) is 6.92 Å². The van der Waals surface area contributed by atoms with Gasteiger partial charge in [0, 0.05) is 26.6 Å². The molecule has 0 bridgehead atoms. The van der Waals surface area contributed by atoms with Gasteiger partial charge in [-0.05, 0) is 44.1 Å². The molecule has 0 atom stereocenters. The second-order valence-corrected chi connectivity index (χ2v) is 7.00. The van der Waals surface area contributed by atoms with Crippen molar-refractivity contribution in [1.29, 1.82) is 0 Å². The minimum atomic E-state index is -0.00315. The molecule has 1 aliphatic heterocycles. The molecule has 6 heteroatoms. The molecule has 2 fully saturated rings. The van der Waals surface area contributed by atoms with Crippen LogP contribution >= 0.6 is 0 Å². The maximum Gasteiger partial charge on any atom is 0.244 e. The third kappa shape index (κ3) is 2.92. The van der Waals surface area contributed by atoms with E-state index in [4.69, 9.17) is 10.5 Å². The van der Waals surface area contributed by atoms with Gasteiger partial charge in [-0.15, -0.1) is 5.10 Å². The molecule has 1 aromatic heterocycles. The molecule has 1 saturated heterocycles. The van der Waals surface area contributed by atoms with Gasteiger partial charge in [-0.2, -0.15) is 4.98 Å². The summed E-state index contributed by atoms with van der Waals surface area (Å²) in [6.07, 6.45) is 6.55. The lowest BCUT2D eigenvalue weighted by atomic mass is 9.77. The number of aromatic amines is 1. The number of hydrogen-bond acceptors (Lipinski definition) is 5. The zero-order valence-electron chi connectivity index (χ0n) is 13.2. The normalized spacial score (nSPS) is 23.9. The SMILES string of the molecule is COC1(Cc2nc(N3CCC(C)(CN)CC3)n[nH]2)CCC1. The number of hydrogen-bond donors (Lipinski definition) is 2. The molecule has 0 unspecified atom stereocenters. The van der Waals surface area contributed by atoms with E-state index >= 15 is 0 Å². The van der Waals surface area contributed by atoms with Gasteiger partial charge >= 0.3 is 0 Å². The van der Waals surface area contributed by atoms with E-state index in [-0.39, 0.29) is 11.0 Å². The van der Waals surface area contributed by atoms with Crippen LogP contribution in [0.15, 0.2) is 0 Å². The van der Waals surface area contributed by atoms with Gasteiger partial charge in [0.2, 0.25) is 5.95 Å². The fourth-order valence-electron chi connectivity index (χ4n) is 3.29. The lowest BCUT2D eigenvalue weighted by molar-refractivity contribution is -0.0720. The summed E-state index contributed by atoms with van der Waals surface area (Å²) in [6, 6.07) is 0. The number of piperidine rings is 1. The quantitative estimate of drug-likeness (QED) is 0.859. The summed E-state index contributed by atoms with van der Waals surface area (Å²) in [4.78, 5) is 6.93. The van der Waals surface area contributed by atoms with Crippen LogP contribution in [0.5, 0.6) is 0 Å². The second-order valence-electron chi connectivity index (χ2n) is 7.00. The first-order valence-corrected chi connectivity index (χ1v) is 8.00. The van der Waals surface area contributed by atoms with E-state index in [0.717, 1.165) is 63.5 Å². The van der Waals surface area contributed by atoms with Gasteiger partial charge in [0.25, 0.3) is 0 Å². The Hall–Kier alpha value is -1.14. The summed E-state index contributed by atoms with van der Waals surface area (Å²) < 4.78 is 5.66. The van der Waals surface area contributed by atoms with Gasteiger partial charge in [0.1, 0.15) is 5.82 Å². The van der Waals surface area contributed by atoms with E-state index in [0.29, 0.717) is 0 Å². The Morgan fingerprint density at radius 2 is 2.00 bits per heavy atom. The fourth-order valence-corrected chi connectivity index (χ4v) is 3.29. The number of nitrogens with two attached hydrogens (primary N) is 1. The molecular weight excluding hydrogens is 266 g/mol. The van der Waals surface area contributed by atoms with Crippen molar-refractivity contribution in [3.63, 3.8) is 0 Å². The topological polar surface area (TPSA) is 80.1 Å². The summed E-state index contributed by atoms with van der Waals surface area (Å²) in [5.41, 5.74) is 6.14. The Labute approximate surface area is 126 Å². The monoisotopic (exact) mass is 293 g/mol. The van der Waals surface area contributed by atoms with Crippen molar-refractivity contribution in [3.05, 3.63) is 5.82 Å². The van der Waals surface area contributed by atoms with Crippen molar-refractivity contribution in [3.8, 4) is 0 Å². The van der Waals surface area contributed by atoms with Gasteiger partial charge in [-0.25, -0.2) is 0 Å². The Morgan fingerprint density at radius 1 is 1.29 bits per heavy atom. The molecule has 0 aromatic carbocycles. The summed E-state index contributed by atoms with van der Waals surface area (Å²) in [5.74, 6) is 1.77. The number of H-pyrrole nitrogens is 1. The predicted octanol–water partition coefficient (Wildman–Crippen LogP) is 1.48. The summed E-state index contributed by atoms with van der Waals surface area (Å²) >= 11 is 0. The van der Waals surface area contributed by atoms with E-state index < -0.39 is 0 Å². The molecule has 3 N–H and O–H groups in total. The highest BCUT2D eigenvalue weighted by molar-refractivity contribution is 5.30. The third-order valence-corrected chi connectivity index (χ3v) is 5.45. The molecule has 0 spiro atoms. The molecule has 6 nitrogen and oxygen atoms in total. The highest BCUT2D eigenvalue weighted by Crippen LogP contribution is 2.37. The molecule has 0 radical (unpaired) electrons. The lowest BCUT2D eigenvalue weighted by Crippen LogP contribution is -2.42. The Bertz CT molecular complexity index is 469. The molecule has 1 aromatic rings. The summed E-state index contributed by atoms with van der Waals surface area (Å²) in [5, 5.41) is 7.48. The summed E-state index contributed by atoms with van der Waals surface area (Å²) in [6.45, 7) is 5.00. The highest BCUT2D eigenvalue weighted by atomic mass is 16.5. The van der Waals surface area contributed by atoms with Crippen molar-refractivity contribution in [2.24, 2.45) is 11.1 Å². The zero-order valence-corrected chi connectivity index (χ0v) is 13.2. The minimum absolute atomic E-state index is 0.00315. The van der Waals surface area contributed by atoms with Crippen LogP contribution in [0.3, 0.4) is 0 Å². The van der Waals surface area contributed by atoms with Crippen LogP contribution in [0.2, 0.25) is 0 Å². The van der Waals surface area contributed by atoms with Crippen molar-refractivity contribution in [1.82, 2.24) is 15.2 Å². The highest BCUT2D eigenvalue weighted by Gasteiger charge is 2.38. The minimum Gasteiger partial charge on any atom is -0.378 e. The van der Waals surface area contributed by atoms with Crippen molar-refractivity contribution in [2.45, 2.75) is 51.0 Å². The van der Waals surface area contributed by atoms with Gasteiger partial charge in [-0.3, -0.25) is 5.10 Å². The smallest absolute Gasteiger partial charge is 0.244 e. The van der Waals surface area contributed by atoms with Gasteiger partial charge in [0.15, 0.2) is 0 Å². The summed E-state index contributed by atoms with van der Waals surface area (Å²) in [7, 11) is 1.80. The predicted molar refractivity (Wildman–Crippen MR) is 82.3 cm³/mol. The lowest BCUT2D eigenvalue weighted by Gasteiger charge is -2.39. The molecular formula is C15H27N5O. The molecule has 3 rings (SSSR count). The van der Waals surface area contributed by atoms with Crippen LogP contribution in [0.4, 0.5) is 5.95 Å². The number of nitrogens with one attached hydrogen (secondary N) is 1. The van der Waals surface area contributed by atoms with Crippen LogP contribution in [0.25, 0.3) is 0 Å². The second kappa shape index (κ2) is 5.57. The maximum atomic E-state index is 5.86. The number of nitrogens with zero attached hydrogens (tertiary/aromatic N) is 3. The molecule has 0 amide bonds. The van der Waals surface area contributed by atoms with Gasteiger partial charge < -0.3 is 15.4 Å². The van der Waals surface area contributed by atoms with Crippen LogP contribution in [-0.4, -0.2) is 47.5 Å². The van der Waals surface area contributed by atoms with E-state index in [1.165, 1.54) is 6.42 Å². The molecule has 1 saturated carbocycles. The van der Waals surface area contributed by atoms with E-state index in [1.807, 2.05) is 0 Å². The van der Waals surface area contributed by atoms with E-state index in [9.17, 15) is 0 Å². The van der Waals surface area contributed by atoms with Crippen LogP contribution in [-0.2, 0) is 11.2 Å². The third-order valence-electron chi connectivity index (χ3n) is 5.45. The average Bonchev–Trinajstić information content (AvgIpc) is 2.92. The van der Waals surface area contributed by atoms with Crippen LogP contribution < -0.4 is 10.6 Å². The van der Waals surface area contributed by atoms with Crippen molar-refractivity contribution in [2.75, 3.05) is 31.6 Å². The first-order valence-electron chi connectivity index (χ1n) is 8.00. The number of rotatable bonds is 5. The molecule has 1 aliphatic carbocycles. The Morgan fingerprint density at radius 3 is 2.52 bits per heavy atom. The number of aromatic nitrogens is 3. The standard InChI is InChI=1S/C15H27N5O/c1-14(11-16)6-8-20(9-7-14)13-17-12(18-19-13)10-15(21-2)4-3-5-15/h3-11,16H2,1-2H3,(H,17,18,19). The van der Waals surface area contributed by atoms with E-state index in [2.05, 4.69) is 27.0 Å². The number of methoxy groups -OCH3 is 1. The van der Waals surface area contributed by atoms with Crippen molar-refractivity contribution >= 4 is 5.95 Å². The first-order chi connectivity index (χ1) is 10.1. The average molecular weight is 293 g/mol. The van der Waals surface area contributed by atoms with Crippen molar-refractivity contribution < 1.29 is 4.74 Å². The zero-order chi connectivity index (χ0) is 14.9. The Balaban J connectivity index is 1.61. The van der Waals surface area contributed by atoms with Gasteiger partial charge in [0.05, 0.1) is 5.60 Å². The maximum absolute atomic E-state index is 5.86. The molecule has 118 valence electrons. The fraction of sp³-hybridized carbons (Fsp3) is 0.867. The van der Waals surface area contributed by atoms with Crippen LogP contribution in [0.1, 0.15) is 44.9 Å². The molecule has 2 aliphatic rings. The van der Waals surface area contributed by atoms with E-state index in [1.54, 1.807) is 7.11 Å². The Kier molecular flexibility index (Phi) is 3.92.